The fraction of sp³-hybridized carbons (Fsp3) is 0.462. The molecule has 8 heteroatoms. The topological polar surface area (TPSA) is 93.8 Å². The molecule has 1 atom stereocenters. The Balaban J connectivity index is 2.67. The molecule has 1 aromatic rings. The van der Waals surface area contributed by atoms with Gasteiger partial charge in [0, 0.05) is 13.1 Å². The Morgan fingerprint density at radius 3 is 2.71 bits per heavy atom. The minimum Gasteiger partial charge on any atom is -0.490 e. The maximum Gasteiger partial charge on any atom is 0.387 e. The molecule has 0 saturated heterocycles. The third kappa shape index (κ3) is 5.92. The first kappa shape index (κ1) is 17.1. The molecule has 1 rings (SSSR count). The van der Waals surface area contributed by atoms with E-state index >= 15 is 0 Å². The Morgan fingerprint density at radius 1 is 1.43 bits per heavy atom. The Morgan fingerprint density at radius 2 is 2.14 bits per heavy atom. The maximum absolute atomic E-state index is 12.2. The van der Waals surface area contributed by atoms with Gasteiger partial charge < -0.3 is 25.6 Å². The molecule has 21 heavy (non-hydrogen) atoms. The second-order valence-corrected chi connectivity index (χ2v) is 4.14. The fourth-order valence-electron chi connectivity index (χ4n) is 1.58. The normalized spacial score (nSPS) is 12.2. The van der Waals surface area contributed by atoms with Gasteiger partial charge in [0.2, 0.25) is 5.91 Å². The molecule has 0 aliphatic heterocycles. The number of carbonyl (C=O) groups excluding carboxylic acids is 1. The monoisotopic (exact) mass is 304 g/mol. The van der Waals surface area contributed by atoms with Crippen LogP contribution in [0.4, 0.5) is 8.78 Å². The van der Waals surface area contributed by atoms with Crippen LogP contribution >= 0.6 is 0 Å². The van der Waals surface area contributed by atoms with E-state index in [4.69, 9.17) is 10.5 Å². The summed E-state index contributed by atoms with van der Waals surface area (Å²) in [5.74, 6) is -0.668. The van der Waals surface area contributed by atoms with Gasteiger partial charge in [-0.25, -0.2) is 0 Å². The highest BCUT2D eigenvalue weighted by molar-refractivity contribution is 5.78. The molecular formula is C13H18F2N2O4. The van der Waals surface area contributed by atoms with E-state index in [0.29, 0.717) is 13.2 Å². The number of alkyl halides is 2. The number of halogens is 2. The highest BCUT2D eigenvalue weighted by atomic mass is 19.3. The zero-order chi connectivity index (χ0) is 15.8. The van der Waals surface area contributed by atoms with Crippen molar-refractivity contribution in [2.75, 3.05) is 13.2 Å². The van der Waals surface area contributed by atoms with Gasteiger partial charge in [-0.2, -0.15) is 8.78 Å². The number of benzene rings is 1. The number of hydrogen-bond donors (Lipinski definition) is 3. The van der Waals surface area contributed by atoms with Crippen LogP contribution in [0.3, 0.4) is 0 Å². The highest BCUT2D eigenvalue weighted by Gasteiger charge is 2.12. The zero-order valence-electron chi connectivity index (χ0n) is 11.5. The van der Waals surface area contributed by atoms with Crippen LogP contribution in [0.1, 0.15) is 12.5 Å². The number of amides is 1. The quantitative estimate of drug-likeness (QED) is 0.622. The minimum absolute atomic E-state index is 0.00537. The van der Waals surface area contributed by atoms with Crippen molar-refractivity contribution in [1.29, 1.82) is 0 Å². The van der Waals surface area contributed by atoms with Gasteiger partial charge in [-0.15, -0.1) is 0 Å². The number of nitrogens with two attached hydrogens (primary N) is 1. The summed E-state index contributed by atoms with van der Waals surface area (Å²) in [6, 6.07) is 4.49. The van der Waals surface area contributed by atoms with E-state index in [1.54, 1.807) is 19.1 Å². The molecule has 0 aromatic heterocycles. The number of carbonyl (C=O) groups is 1. The van der Waals surface area contributed by atoms with Crippen molar-refractivity contribution in [2.24, 2.45) is 5.73 Å². The Kier molecular flexibility index (Phi) is 6.83. The van der Waals surface area contributed by atoms with Crippen molar-refractivity contribution in [2.45, 2.75) is 26.2 Å². The molecule has 0 fully saturated rings. The van der Waals surface area contributed by atoms with Crippen LogP contribution < -0.4 is 20.5 Å². The van der Waals surface area contributed by atoms with Crippen LogP contribution in [-0.4, -0.2) is 36.9 Å². The lowest BCUT2D eigenvalue weighted by Gasteiger charge is -2.13. The molecule has 0 saturated carbocycles. The number of aliphatic hydroxyl groups is 1. The van der Waals surface area contributed by atoms with Crippen LogP contribution in [-0.2, 0) is 11.3 Å². The second kappa shape index (κ2) is 8.38. The summed E-state index contributed by atoms with van der Waals surface area (Å²) < 4.78 is 34.1. The highest BCUT2D eigenvalue weighted by Crippen LogP contribution is 2.29. The van der Waals surface area contributed by atoms with Gasteiger partial charge in [0.1, 0.15) is 6.10 Å². The third-order valence-electron chi connectivity index (χ3n) is 2.52. The average molecular weight is 304 g/mol. The maximum atomic E-state index is 12.2. The molecule has 4 N–H and O–H groups in total. The minimum atomic E-state index is -2.93. The van der Waals surface area contributed by atoms with Crippen LogP contribution in [0.5, 0.6) is 11.5 Å². The molecule has 118 valence electrons. The molecule has 6 nitrogen and oxygen atoms in total. The van der Waals surface area contributed by atoms with E-state index in [2.05, 4.69) is 10.1 Å². The number of ether oxygens (including phenoxy) is 2. The van der Waals surface area contributed by atoms with Crippen molar-refractivity contribution in [3.05, 3.63) is 23.8 Å². The lowest BCUT2D eigenvalue weighted by atomic mass is 10.2. The lowest BCUT2D eigenvalue weighted by molar-refractivity contribution is -0.125. The summed E-state index contributed by atoms with van der Waals surface area (Å²) in [6.07, 6.45) is -1.28. The van der Waals surface area contributed by atoms with Crippen molar-refractivity contribution >= 4 is 5.91 Å². The summed E-state index contributed by atoms with van der Waals surface area (Å²) in [4.78, 5) is 10.7. The molecular weight excluding hydrogens is 286 g/mol. The van der Waals surface area contributed by atoms with Crippen LogP contribution in [0.2, 0.25) is 0 Å². The zero-order valence-corrected chi connectivity index (χ0v) is 11.5. The van der Waals surface area contributed by atoms with Gasteiger partial charge >= 0.3 is 6.61 Å². The Hall–Kier alpha value is -1.93. The first-order valence-corrected chi connectivity index (χ1v) is 6.32. The van der Waals surface area contributed by atoms with Gasteiger partial charge in [0.15, 0.2) is 11.5 Å². The summed E-state index contributed by atoms with van der Waals surface area (Å²) in [5.41, 5.74) is 5.63. The van der Waals surface area contributed by atoms with Crippen molar-refractivity contribution in [3.63, 3.8) is 0 Å². The third-order valence-corrected chi connectivity index (χ3v) is 2.52. The van der Waals surface area contributed by atoms with Crippen molar-refractivity contribution in [3.8, 4) is 11.5 Å². The number of hydrogen-bond acceptors (Lipinski definition) is 5. The average Bonchev–Trinajstić information content (AvgIpc) is 2.41. The number of nitrogens with one attached hydrogen (secondary N) is 1. The summed E-state index contributed by atoms with van der Waals surface area (Å²) in [5, 5.41) is 12.0. The van der Waals surface area contributed by atoms with Gasteiger partial charge in [-0.1, -0.05) is 6.07 Å². The molecule has 1 aromatic carbocycles. The molecule has 1 amide bonds. The molecule has 0 aliphatic carbocycles. The molecule has 0 radical (unpaired) electrons. The van der Waals surface area contributed by atoms with E-state index in [1.807, 2.05) is 0 Å². The van der Waals surface area contributed by atoms with E-state index in [0.717, 1.165) is 5.56 Å². The Bertz CT molecular complexity index is 471. The predicted molar refractivity (Wildman–Crippen MR) is 71.2 cm³/mol. The first-order valence-electron chi connectivity index (χ1n) is 6.32. The van der Waals surface area contributed by atoms with E-state index in [-0.39, 0.29) is 18.0 Å². The number of rotatable bonds is 9. The van der Waals surface area contributed by atoms with E-state index in [1.165, 1.54) is 6.07 Å². The van der Waals surface area contributed by atoms with Crippen molar-refractivity contribution < 1.29 is 28.2 Å². The largest absolute Gasteiger partial charge is 0.490 e. The summed E-state index contributed by atoms with van der Waals surface area (Å²) in [7, 11) is 0. The fourth-order valence-corrected chi connectivity index (χ4v) is 1.58. The van der Waals surface area contributed by atoms with Crippen molar-refractivity contribution in [1.82, 2.24) is 5.32 Å². The summed E-state index contributed by atoms with van der Waals surface area (Å²) >= 11 is 0. The van der Waals surface area contributed by atoms with E-state index < -0.39 is 18.6 Å². The van der Waals surface area contributed by atoms with Gasteiger partial charge in [0.25, 0.3) is 0 Å². The SMILES string of the molecule is CCOc1cc(CNCC(O)C(N)=O)ccc1OC(F)F. The molecule has 0 aliphatic rings. The molecule has 0 heterocycles. The number of primary amides is 1. The van der Waals surface area contributed by atoms with Crippen LogP contribution in [0, 0.1) is 0 Å². The first-order chi connectivity index (χ1) is 9.93. The molecule has 1 unspecified atom stereocenters. The molecule has 0 bridgehead atoms. The Labute approximate surface area is 120 Å². The number of aliphatic hydroxyl groups excluding tert-OH is 1. The van der Waals surface area contributed by atoms with Crippen LogP contribution in [0.25, 0.3) is 0 Å². The summed E-state index contributed by atoms with van der Waals surface area (Å²) in [6.45, 7) is -0.607. The van der Waals surface area contributed by atoms with Crippen LogP contribution in [0.15, 0.2) is 18.2 Å². The second-order valence-electron chi connectivity index (χ2n) is 4.14. The van der Waals surface area contributed by atoms with Gasteiger partial charge in [-0.05, 0) is 24.6 Å². The van der Waals surface area contributed by atoms with Gasteiger partial charge in [-0.3, -0.25) is 4.79 Å². The standard InChI is InChI=1S/C13H18F2N2O4/c1-2-20-11-5-8(3-4-10(11)21-13(14)15)6-17-7-9(18)12(16)19/h3-5,9,13,17-18H,2,6-7H2,1H3,(H2,16,19). The smallest absolute Gasteiger partial charge is 0.387 e. The predicted octanol–water partition coefficient (Wildman–Crippen LogP) is 0.622. The van der Waals surface area contributed by atoms with E-state index in [9.17, 15) is 18.7 Å². The lowest BCUT2D eigenvalue weighted by Crippen LogP contribution is -2.37. The van der Waals surface area contributed by atoms with Gasteiger partial charge in [0.05, 0.1) is 6.61 Å². The molecule has 0 spiro atoms.